The van der Waals surface area contributed by atoms with Gasteiger partial charge in [0.05, 0.1) is 6.04 Å². The molecular formula is C18H29N3O. The molecule has 1 aliphatic rings. The van der Waals surface area contributed by atoms with Crippen molar-refractivity contribution < 1.29 is 4.79 Å². The summed E-state index contributed by atoms with van der Waals surface area (Å²) in [5, 5.41) is 5.82. The predicted molar refractivity (Wildman–Crippen MR) is 92.3 cm³/mol. The average molecular weight is 303 g/mol. The van der Waals surface area contributed by atoms with Gasteiger partial charge in [-0.25, -0.2) is 4.79 Å². The molecule has 2 rings (SSSR count). The highest BCUT2D eigenvalue weighted by atomic mass is 16.2. The standard InChI is InChI=1S/C18H29N3O/c1-4-11-19-18(22)20-15(3)16-7-9-17(10-8-16)21-12-5-6-14(2)13-21/h7-10,14-15H,4-6,11-13H2,1-3H3,(H2,19,20,22)/t14-,15-/m1/s1. The minimum Gasteiger partial charge on any atom is -0.371 e. The molecule has 1 heterocycles. The van der Waals surface area contributed by atoms with Crippen LogP contribution in [0.4, 0.5) is 10.5 Å². The van der Waals surface area contributed by atoms with E-state index in [0.29, 0.717) is 6.54 Å². The molecule has 1 aromatic rings. The third-order valence-corrected chi connectivity index (χ3v) is 4.30. The number of carbonyl (C=O) groups is 1. The molecule has 2 atom stereocenters. The monoisotopic (exact) mass is 303 g/mol. The number of nitrogens with one attached hydrogen (secondary N) is 2. The first kappa shape index (κ1) is 16.7. The molecule has 0 aliphatic carbocycles. The van der Waals surface area contributed by atoms with E-state index >= 15 is 0 Å². The van der Waals surface area contributed by atoms with Gasteiger partial charge in [0, 0.05) is 25.3 Å². The van der Waals surface area contributed by atoms with Crippen LogP contribution in [0.15, 0.2) is 24.3 Å². The number of urea groups is 1. The van der Waals surface area contributed by atoms with Crippen molar-refractivity contribution in [2.75, 3.05) is 24.5 Å². The van der Waals surface area contributed by atoms with E-state index in [2.05, 4.69) is 46.7 Å². The Labute approximate surface area is 134 Å². The number of rotatable bonds is 5. The molecule has 4 nitrogen and oxygen atoms in total. The summed E-state index contributed by atoms with van der Waals surface area (Å²) >= 11 is 0. The van der Waals surface area contributed by atoms with Crippen molar-refractivity contribution in [3.8, 4) is 0 Å². The molecule has 1 aliphatic heterocycles. The maximum absolute atomic E-state index is 11.7. The molecule has 2 N–H and O–H groups in total. The van der Waals surface area contributed by atoms with E-state index in [1.807, 2.05) is 13.8 Å². The van der Waals surface area contributed by atoms with Crippen molar-refractivity contribution in [1.29, 1.82) is 0 Å². The zero-order valence-electron chi connectivity index (χ0n) is 14.1. The molecule has 1 saturated heterocycles. The van der Waals surface area contributed by atoms with Crippen molar-refractivity contribution in [2.24, 2.45) is 5.92 Å². The van der Waals surface area contributed by atoms with Gasteiger partial charge in [-0.1, -0.05) is 26.0 Å². The van der Waals surface area contributed by atoms with Crippen LogP contribution in [0.2, 0.25) is 0 Å². The summed E-state index contributed by atoms with van der Waals surface area (Å²) < 4.78 is 0. The number of amides is 2. The number of anilines is 1. The second kappa shape index (κ2) is 8.06. The highest BCUT2D eigenvalue weighted by Crippen LogP contribution is 2.24. The molecule has 0 spiro atoms. The van der Waals surface area contributed by atoms with Crippen LogP contribution in [-0.2, 0) is 0 Å². The zero-order chi connectivity index (χ0) is 15.9. The normalized spacial score (nSPS) is 19.6. The molecule has 122 valence electrons. The zero-order valence-corrected chi connectivity index (χ0v) is 14.1. The van der Waals surface area contributed by atoms with Gasteiger partial charge in [0.15, 0.2) is 0 Å². The van der Waals surface area contributed by atoms with Crippen LogP contribution >= 0.6 is 0 Å². The van der Waals surface area contributed by atoms with Crippen molar-refractivity contribution in [3.63, 3.8) is 0 Å². The molecule has 4 heteroatoms. The topological polar surface area (TPSA) is 44.4 Å². The van der Waals surface area contributed by atoms with Gasteiger partial charge in [0.1, 0.15) is 0 Å². The number of nitrogens with zero attached hydrogens (tertiary/aromatic N) is 1. The van der Waals surface area contributed by atoms with E-state index in [1.165, 1.54) is 18.5 Å². The van der Waals surface area contributed by atoms with E-state index in [0.717, 1.165) is 31.0 Å². The van der Waals surface area contributed by atoms with Crippen molar-refractivity contribution in [3.05, 3.63) is 29.8 Å². The molecular weight excluding hydrogens is 274 g/mol. The number of piperidine rings is 1. The van der Waals surface area contributed by atoms with Gasteiger partial charge in [0.25, 0.3) is 0 Å². The molecule has 2 amide bonds. The third-order valence-electron chi connectivity index (χ3n) is 4.30. The van der Waals surface area contributed by atoms with Crippen molar-refractivity contribution in [2.45, 2.75) is 46.1 Å². The van der Waals surface area contributed by atoms with Gasteiger partial charge in [-0.05, 0) is 49.8 Å². The van der Waals surface area contributed by atoms with Crippen LogP contribution in [-0.4, -0.2) is 25.7 Å². The lowest BCUT2D eigenvalue weighted by atomic mass is 9.99. The Morgan fingerprint density at radius 3 is 2.73 bits per heavy atom. The van der Waals surface area contributed by atoms with Crippen LogP contribution < -0.4 is 15.5 Å². The van der Waals surface area contributed by atoms with Crippen LogP contribution in [0.1, 0.15) is 51.6 Å². The summed E-state index contributed by atoms with van der Waals surface area (Å²) in [4.78, 5) is 14.2. The minimum atomic E-state index is -0.0942. The van der Waals surface area contributed by atoms with Crippen molar-refractivity contribution in [1.82, 2.24) is 10.6 Å². The Kier molecular flexibility index (Phi) is 6.10. The Morgan fingerprint density at radius 1 is 1.36 bits per heavy atom. The molecule has 1 fully saturated rings. The molecule has 0 aromatic heterocycles. The summed E-state index contributed by atoms with van der Waals surface area (Å²) in [7, 11) is 0. The maximum atomic E-state index is 11.7. The van der Waals surface area contributed by atoms with E-state index in [1.54, 1.807) is 0 Å². The van der Waals surface area contributed by atoms with Gasteiger partial charge in [-0.2, -0.15) is 0 Å². The lowest BCUT2D eigenvalue weighted by molar-refractivity contribution is 0.238. The van der Waals surface area contributed by atoms with Gasteiger partial charge in [-0.3, -0.25) is 0 Å². The van der Waals surface area contributed by atoms with Crippen molar-refractivity contribution >= 4 is 11.7 Å². The van der Waals surface area contributed by atoms with Gasteiger partial charge in [0.2, 0.25) is 0 Å². The Morgan fingerprint density at radius 2 is 2.09 bits per heavy atom. The minimum absolute atomic E-state index is 0.0196. The second-order valence-corrected chi connectivity index (χ2v) is 6.41. The number of hydrogen-bond donors (Lipinski definition) is 2. The lowest BCUT2D eigenvalue weighted by Crippen LogP contribution is -2.37. The first-order chi connectivity index (χ1) is 10.6. The van der Waals surface area contributed by atoms with Crippen LogP contribution in [0.25, 0.3) is 0 Å². The maximum Gasteiger partial charge on any atom is 0.315 e. The summed E-state index contributed by atoms with van der Waals surface area (Å²) in [6.45, 7) is 9.39. The van der Waals surface area contributed by atoms with E-state index in [4.69, 9.17) is 0 Å². The fraction of sp³-hybridized carbons (Fsp3) is 0.611. The molecule has 1 aromatic carbocycles. The van der Waals surface area contributed by atoms with E-state index in [9.17, 15) is 4.79 Å². The first-order valence-electron chi connectivity index (χ1n) is 8.49. The van der Waals surface area contributed by atoms with Gasteiger partial charge >= 0.3 is 6.03 Å². The smallest absolute Gasteiger partial charge is 0.315 e. The highest BCUT2D eigenvalue weighted by molar-refractivity contribution is 5.74. The number of carbonyl (C=O) groups excluding carboxylic acids is 1. The van der Waals surface area contributed by atoms with Crippen LogP contribution in [0.3, 0.4) is 0 Å². The summed E-state index contributed by atoms with van der Waals surface area (Å²) in [6, 6.07) is 8.53. The van der Waals surface area contributed by atoms with Crippen LogP contribution in [0.5, 0.6) is 0 Å². The first-order valence-corrected chi connectivity index (χ1v) is 8.49. The second-order valence-electron chi connectivity index (χ2n) is 6.41. The van der Waals surface area contributed by atoms with Gasteiger partial charge in [-0.15, -0.1) is 0 Å². The summed E-state index contributed by atoms with van der Waals surface area (Å²) in [5.74, 6) is 0.774. The SMILES string of the molecule is CCCNC(=O)N[C@H](C)c1ccc(N2CCC[C@@H](C)C2)cc1. The molecule has 0 bridgehead atoms. The molecule has 0 unspecified atom stereocenters. The Balaban J connectivity index is 1.91. The predicted octanol–water partition coefficient (Wildman–Crippen LogP) is 3.69. The molecule has 22 heavy (non-hydrogen) atoms. The quantitative estimate of drug-likeness (QED) is 0.871. The summed E-state index contributed by atoms with van der Waals surface area (Å²) in [6.07, 6.45) is 3.56. The third kappa shape index (κ3) is 4.65. The van der Waals surface area contributed by atoms with E-state index < -0.39 is 0 Å². The summed E-state index contributed by atoms with van der Waals surface area (Å²) in [5.41, 5.74) is 2.43. The number of benzene rings is 1. The Hall–Kier alpha value is -1.71. The largest absolute Gasteiger partial charge is 0.371 e. The average Bonchev–Trinajstić information content (AvgIpc) is 2.53. The lowest BCUT2D eigenvalue weighted by Gasteiger charge is -2.33. The number of hydrogen-bond acceptors (Lipinski definition) is 2. The fourth-order valence-corrected chi connectivity index (χ4v) is 2.97. The fourth-order valence-electron chi connectivity index (χ4n) is 2.97. The molecule has 0 saturated carbocycles. The highest BCUT2D eigenvalue weighted by Gasteiger charge is 2.17. The van der Waals surface area contributed by atoms with E-state index in [-0.39, 0.29) is 12.1 Å². The Bertz CT molecular complexity index is 472. The van der Waals surface area contributed by atoms with Crippen LogP contribution in [0, 0.1) is 5.92 Å². The van der Waals surface area contributed by atoms with Gasteiger partial charge < -0.3 is 15.5 Å². The molecule has 0 radical (unpaired) electrons.